The van der Waals surface area contributed by atoms with Gasteiger partial charge in [0.1, 0.15) is 0 Å². The molecule has 68 valence electrons. The van der Waals surface area contributed by atoms with Crippen LogP contribution < -0.4 is 0 Å². The maximum atomic E-state index is 8.67. The molecule has 0 aromatic heterocycles. The molecule has 0 rings (SSSR count). The molecule has 0 bridgehead atoms. The minimum Gasteiger partial charge on any atom is -0.284 e. The van der Waals surface area contributed by atoms with Gasteiger partial charge >= 0.3 is 0 Å². The lowest BCUT2D eigenvalue weighted by Gasteiger charge is -1.59. The van der Waals surface area contributed by atoms with Gasteiger partial charge in [-0.1, -0.05) is 14.9 Å². The van der Waals surface area contributed by atoms with Crippen LogP contribution in [-0.2, 0) is 22.7 Å². The van der Waals surface area contributed by atoms with Gasteiger partial charge < -0.3 is 0 Å². The molecule has 0 spiro atoms. The Bertz CT molecular complexity index is 71.7. The first-order chi connectivity index (χ1) is 3.46. The van der Waals surface area contributed by atoms with Gasteiger partial charge in [-0.05, 0) is 0 Å². The minimum atomic E-state index is -2.61. The second-order valence-electron chi connectivity index (χ2n) is 0.461. The van der Waals surface area contributed by atoms with Gasteiger partial charge in [-0.25, -0.2) is 0 Å². The lowest BCUT2D eigenvalue weighted by Crippen LogP contribution is -1.74. The smallest absolute Gasteiger partial charge is 0.284 e. The summed E-state index contributed by atoms with van der Waals surface area (Å²) in [6, 6.07) is 0. The summed E-state index contributed by atoms with van der Waals surface area (Å²) in [6.07, 6.45) is 0. The molecule has 8 heteroatoms. The van der Waals surface area contributed by atoms with Gasteiger partial charge in [0.05, 0.1) is 0 Å². The van der Waals surface area contributed by atoms with Crippen molar-refractivity contribution in [3.63, 3.8) is 0 Å². The Hall–Kier alpha value is 0.140. The molecule has 0 atom stereocenters. The Balaban J connectivity index is -0.0000000300. The van der Waals surface area contributed by atoms with Crippen molar-refractivity contribution in [2.45, 2.75) is 14.9 Å². The highest BCUT2D eigenvalue weighted by molar-refractivity contribution is 7.73. The summed E-state index contributed by atoms with van der Waals surface area (Å²) < 4.78 is 45.7. The molecule has 0 radical (unpaired) electrons. The molecule has 0 aliphatic rings. The summed E-state index contributed by atoms with van der Waals surface area (Å²) in [5, 5.41) is 0. The van der Waals surface area contributed by atoms with Gasteiger partial charge in [0.25, 0.3) is 22.7 Å². The van der Waals surface area contributed by atoms with Crippen LogP contribution in [0.1, 0.15) is 14.9 Å². The van der Waals surface area contributed by atoms with Crippen LogP contribution in [0.5, 0.6) is 0 Å². The highest BCUT2D eigenvalue weighted by Gasteiger charge is 1.63. The zero-order valence-electron chi connectivity index (χ0n) is 3.42. The fourth-order valence-electron chi connectivity index (χ4n) is 0. The Morgan fingerprint density at radius 3 is 0.700 bits per heavy atom. The Morgan fingerprint density at radius 1 is 0.700 bits per heavy atom. The van der Waals surface area contributed by atoms with E-state index in [-0.39, 0.29) is 14.9 Å². The molecular weight excluding hydrogens is 184 g/mol. The third-order valence-electron chi connectivity index (χ3n) is 0. The maximum absolute atomic E-state index is 8.67. The van der Waals surface area contributed by atoms with Gasteiger partial charge in [-0.15, -0.1) is 0 Å². The van der Waals surface area contributed by atoms with Crippen LogP contribution in [0.3, 0.4) is 0 Å². The summed E-state index contributed by atoms with van der Waals surface area (Å²) in [4.78, 5) is 0. The van der Waals surface area contributed by atoms with Crippen molar-refractivity contribution >= 4 is 22.7 Å². The highest BCUT2D eigenvalue weighted by Crippen LogP contribution is 1.44. The number of hydrogen-bond donors (Lipinski definition) is 4. The zero-order valence-corrected chi connectivity index (χ0v) is 5.05. The Morgan fingerprint density at radius 2 is 0.700 bits per heavy atom. The second-order valence-corrected chi connectivity index (χ2v) is 1.38. The monoisotopic (exact) mass is 196 g/mol. The van der Waals surface area contributed by atoms with Crippen LogP contribution in [0.15, 0.2) is 0 Å². The Labute approximate surface area is 64.9 Å². The van der Waals surface area contributed by atoms with Crippen LogP contribution in [0.25, 0.3) is 0 Å². The van der Waals surface area contributed by atoms with E-state index in [1.54, 1.807) is 0 Å². The van der Waals surface area contributed by atoms with Crippen molar-refractivity contribution in [1.29, 1.82) is 0 Å². The van der Waals surface area contributed by atoms with Crippen LogP contribution in [-0.4, -0.2) is 26.6 Å². The summed E-state index contributed by atoms with van der Waals surface area (Å²) >= 11 is -5.22. The number of rotatable bonds is 0. The van der Waals surface area contributed by atoms with E-state index in [9.17, 15) is 0 Å². The first kappa shape index (κ1) is 22.5. The van der Waals surface area contributed by atoms with Crippen molar-refractivity contribution in [2.75, 3.05) is 0 Å². The molecule has 0 heterocycles. The van der Waals surface area contributed by atoms with Gasteiger partial charge in [0.2, 0.25) is 0 Å². The van der Waals surface area contributed by atoms with E-state index in [1.807, 2.05) is 0 Å². The Kier molecular flexibility index (Phi) is 36.1. The molecule has 0 saturated heterocycles. The summed E-state index contributed by atoms with van der Waals surface area (Å²) in [6.45, 7) is 0. The van der Waals surface area contributed by atoms with Crippen molar-refractivity contribution in [3.8, 4) is 0 Å². The zero-order chi connectivity index (χ0) is 7.15. The van der Waals surface area contributed by atoms with Crippen LogP contribution in [0.2, 0.25) is 0 Å². The molecular formula is C2H12O6S2. The molecule has 4 N–H and O–H groups in total. The van der Waals surface area contributed by atoms with Crippen LogP contribution >= 0.6 is 0 Å². The molecule has 6 nitrogen and oxygen atoms in total. The first-order valence-electron chi connectivity index (χ1n) is 1.06. The third kappa shape index (κ3) is 21200. The van der Waals surface area contributed by atoms with Gasteiger partial charge in [-0.2, -0.15) is 8.42 Å². The predicted octanol–water partition coefficient (Wildman–Crippen LogP) is 0.634. The summed E-state index contributed by atoms with van der Waals surface area (Å²) in [7, 11) is 0. The number of hydrogen-bond acceptors (Lipinski definition) is 2. The van der Waals surface area contributed by atoms with E-state index in [2.05, 4.69) is 0 Å². The van der Waals surface area contributed by atoms with Crippen molar-refractivity contribution in [1.82, 2.24) is 0 Å². The third-order valence-corrected chi connectivity index (χ3v) is 0. The van der Waals surface area contributed by atoms with E-state index in [0.717, 1.165) is 0 Å². The van der Waals surface area contributed by atoms with Crippen LogP contribution in [0, 0.1) is 0 Å². The summed E-state index contributed by atoms with van der Waals surface area (Å²) in [5.74, 6) is 0. The molecule has 0 saturated carbocycles. The quantitative estimate of drug-likeness (QED) is 0.422. The van der Waals surface area contributed by atoms with E-state index < -0.39 is 22.7 Å². The van der Waals surface area contributed by atoms with Crippen LogP contribution in [0.4, 0.5) is 0 Å². The summed E-state index contributed by atoms with van der Waals surface area (Å²) in [5.41, 5.74) is 0. The second kappa shape index (κ2) is 16.1. The molecule has 0 aliphatic carbocycles. The normalized spacial score (nSPS) is 7.00. The largest absolute Gasteiger partial charge is 0.299 e. The maximum Gasteiger partial charge on any atom is 0.299 e. The topological polar surface area (TPSA) is 115 Å². The highest BCUT2D eigenvalue weighted by atomic mass is 32.2. The van der Waals surface area contributed by atoms with E-state index >= 15 is 0 Å². The van der Waals surface area contributed by atoms with E-state index in [4.69, 9.17) is 26.6 Å². The van der Waals surface area contributed by atoms with Gasteiger partial charge in [0.15, 0.2) is 0 Å². The average molecular weight is 196 g/mol. The van der Waals surface area contributed by atoms with Crippen molar-refractivity contribution < 1.29 is 26.6 Å². The van der Waals surface area contributed by atoms with E-state index in [0.29, 0.717) is 0 Å². The lowest BCUT2D eigenvalue weighted by atomic mass is 12.0. The minimum absolute atomic E-state index is 0. The molecule has 0 amide bonds. The fraction of sp³-hybridized carbons (Fsp3) is 1.00. The van der Waals surface area contributed by atoms with Gasteiger partial charge in [0, 0.05) is 0 Å². The molecule has 0 aromatic carbocycles. The lowest BCUT2D eigenvalue weighted by molar-refractivity contribution is 0.452. The van der Waals surface area contributed by atoms with E-state index in [1.165, 1.54) is 0 Å². The SMILES string of the molecule is C.C.O=S(O)O.O=S(O)O. The van der Waals surface area contributed by atoms with Gasteiger partial charge in [-0.3, -0.25) is 18.2 Å². The fourth-order valence-corrected chi connectivity index (χ4v) is 0. The molecule has 10 heavy (non-hydrogen) atoms. The van der Waals surface area contributed by atoms with Crippen molar-refractivity contribution in [2.24, 2.45) is 0 Å². The molecule has 0 aliphatic heterocycles. The molecule has 0 aromatic rings. The standard InChI is InChI=1S/2CH4.2H2O3S/c;;2*1-4(2)3/h2*1H4;2*(H2,1,2,3). The first-order valence-corrected chi connectivity index (χ1v) is 3.19. The molecule has 0 fully saturated rings. The van der Waals surface area contributed by atoms with Crippen molar-refractivity contribution in [3.05, 3.63) is 0 Å². The molecule has 0 unspecified atom stereocenters. The average Bonchev–Trinajstić information content (AvgIpc) is 1.25. The predicted molar refractivity (Wildman–Crippen MR) is 40.3 cm³/mol.